The average molecular weight is 269 g/mol. The molecule has 0 amide bonds. The number of alkyl halides is 3. The van der Waals surface area contributed by atoms with E-state index in [4.69, 9.17) is 0 Å². The van der Waals surface area contributed by atoms with Crippen molar-refractivity contribution in [1.82, 2.24) is 5.32 Å². The van der Waals surface area contributed by atoms with Crippen LogP contribution in [0, 0.1) is 0 Å². The summed E-state index contributed by atoms with van der Waals surface area (Å²) >= 11 is 0. The van der Waals surface area contributed by atoms with E-state index in [1.807, 2.05) is 0 Å². The van der Waals surface area contributed by atoms with Crippen LogP contribution in [0.5, 0.6) is 0 Å². The first-order chi connectivity index (χ1) is 9.05. The number of rotatable bonds is 5. The second-order valence-corrected chi connectivity index (χ2v) is 4.88. The van der Waals surface area contributed by atoms with Gasteiger partial charge in [-0.25, -0.2) is 0 Å². The maximum atomic E-state index is 12.4. The molecule has 1 N–H and O–H groups in total. The Morgan fingerprint density at radius 2 is 1.84 bits per heavy atom. The fraction of sp³-hybridized carbons (Fsp3) is 0.467. The van der Waals surface area contributed by atoms with E-state index in [2.05, 4.69) is 11.4 Å². The highest BCUT2D eigenvalue weighted by atomic mass is 19.4. The summed E-state index contributed by atoms with van der Waals surface area (Å²) in [5, 5.41) is 3.26. The van der Waals surface area contributed by atoms with E-state index in [1.54, 1.807) is 0 Å². The molecule has 0 aromatic heterocycles. The normalized spacial score (nSPS) is 15.6. The van der Waals surface area contributed by atoms with E-state index >= 15 is 0 Å². The molecule has 0 aliphatic heterocycles. The summed E-state index contributed by atoms with van der Waals surface area (Å²) < 4.78 is 37.1. The highest BCUT2D eigenvalue weighted by molar-refractivity contribution is 5.24. The first-order valence-electron chi connectivity index (χ1n) is 6.60. The summed E-state index contributed by atoms with van der Waals surface area (Å²) in [5.74, 6) is 0. The zero-order valence-corrected chi connectivity index (χ0v) is 10.8. The first-order valence-corrected chi connectivity index (χ1v) is 6.60. The fourth-order valence-corrected chi connectivity index (χ4v) is 2.26. The largest absolute Gasteiger partial charge is 0.416 e. The van der Waals surface area contributed by atoms with E-state index in [-0.39, 0.29) is 0 Å². The lowest BCUT2D eigenvalue weighted by molar-refractivity contribution is -0.137. The molecule has 0 fully saturated rings. The molecule has 1 aromatic rings. The van der Waals surface area contributed by atoms with Crippen molar-refractivity contribution in [2.45, 2.75) is 38.4 Å². The molecule has 1 aliphatic rings. The Balaban J connectivity index is 1.74. The minimum absolute atomic E-state index is 0.590. The Morgan fingerprint density at radius 3 is 2.42 bits per heavy atom. The maximum Gasteiger partial charge on any atom is 0.416 e. The number of halogens is 3. The molecule has 0 atom stereocenters. The molecule has 2 rings (SSSR count). The molecular formula is C15H18F3N. The lowest BCUT2D eigenvalue weighted by Crippen LogP contribution is -2.15. The third-order valence-electron chi connectivity index (χ3n) is 3.37. The molecule has 0 unspecified atom stereocenters. The molecule has 1 aliphatic carbocycles. The van der Waals surface area contributed by atoms with Gasteiger partial charge in [-0.1, -0.05) is 23.8 Å². The van der Waals surface area contributed by atoms with Crippen molar-refractivity contribution >= 4 is 0 Å². The van der Waals surface area contributed by atoms with Crippen LogP contribution in [0.15, 0.2) is 35.9 Å². The highest BCUT2D eigenvalue weighted by Gasteiger charge is 2.29. The van der Waals surface area contributed by atoms with Crippen molar-refractivity contribution in [3.05, 3.63) is 47.0 Å². The van der Waals surface area contributed by atoms with Gasteiger partial charge in [0, 0.05) is 6.54 Å². The Bertz CT molecular complexity index is 432. The van der Waals surface area contributed by atoms with Gasteiger partial charge in [0.25, 0.3) is 0 Å². The molecule has 4 heteroatoms. The third-order valence-corrected chi connectivity index (χ3v) is 3.37. The van der Waals surface area contributed by atoms with Crippen LogP contribution in [-0.4, -0.2) is 6.54 Å². The van der Waals surface area contributed by atoms with Crippen molar-refractivity contribution in [3.8, 4) is 0 Å². The summed E-state index contributed by atoms with van der Waals surface area (Å²) in [6, 6.07) is 5.34. The molecule has 1 nitrogen and oxygen atoms in total. The molecule has 1 aromatic carbocycles. The molecule has 0 bridgehead atoms. The van der Waals surface area contributed by atoms with Crippen LogP contribution in [0.4, 0.5) is 13.2 Å². The van der Waals surface area contributed by atoms with E-state index in [0.717, 1.165) is 30.7 Å². The van der Waals surface area contributed by atoms with Crippen molar-refractivity contribution in [3.63, 3.8) is 0 Å². The second-order valence-electron chi connectivity index (χ2n) is 4.88. The molecule has 104 valence electrons. The second kappa shape index (κ2) is 6.24. The van der Waals surface area contributed by atoms with Crippen molar-refractivity contribution in [2.75, 3.05) is 6.54 Å². The van der Waals surface area contributed by atoms with Crippen LogP contribution < -0.4 is 5.32 Å². The summed E-state index contributed by atoms with van der Waals surface area (Å²) in [4.78, 5) is 0. The van der Waals surface area contributed by atoms with Gasteiger partial charge in [0.1, 0.15) is 0 Å². The Morgan fingerprint density at radius 1 is 1.11 bits per heavy atom. The molecule has 0 saturated carbocycles. The van der Waals surface area contributed by atoms with Gasteiger partial charge in [-0.15, -0.1) is 0 Å². The van der Waals surface area contributed by atoms with Crippen LogP contribution in [0.25, 0.3) is 0 Å². The number of hydrogen-bond acceptors (Lipinski definition) is 1. The molecule has 0 saturated heterocycles. The monoisotopic (exact) mass is 269 g/mol. The Kier molecular flexibility index (Phi) is 4.64. The topological polar surface area (TPSA) is 12.0 Å². The predicted molar refractivity (Wildman–Crippen MR) is 69.7 cm³/mol. The zero-order chi connectivity index (χ0) is 13.7. The van der Waals surface area contributed by atoms with Crippen LogP contribution in [-0.2, 0) is 12.7 Å². The van der Waals surface area contributed by atoms with Crippen molar-refractivity contribution < 1.29 is 13.2 Å². The average Bonchev–Trinajstić information content (AvgIpc) is 2.87. The quantitative estimate of drug-likeness (QED) is 0.621. The van der Waals surface area contributed by atoms with Crippen molar-refractivity contribution in [2.24, 2.45) is 0 Å². The number of allylic oxidation sites excluding steroid dienone is 1. The first kappa shape index (κ1) is 14.1. The van der Waals surface area contributed by atoms with E-state index in [9.17, 15) is 13.2 Å². The van der Waals surface area contributed by atoms with Gasteiger partial charge in [0.05, 0.1) is 5.56 Å². The molecule has 0 spiro atoms. The predicted octanol–water partition coefficient (Wildman–Crippen LogP) is 4.30. The van der Waals surface area contributed by atoms with Gasteiger partial charge in [0.2, 0.25) is 0 Å². The standard InChI is InChI=1S/C15H18F3N/c16-15(17,18)14-7-5-13(6-8-14)11-19-10-9-12-3-1-2-4-12/h3,5-8,19H,1-2,4,9-11H2. The van der Waals surface area contributed by atoms with Gasteiger partial charge in [-0.05, 0) is 49.9 Å². The molecule has 0 heterocycles. The summed E-state index contributed by atoms with van der Waals surface area (Å²) in [5.41, 5.74) is 1.79. The van der Waals surface area contributed by atoms with Gasteiger partial charge in [-0.3, -0.25) is 0 Å². The summed E-state index contributed by atoms with van der Waals surface area (Å²) in [6.07, 6.45) is 2.73. The summed E-state index contributed by atoms with van der Waals surface area (Å²) in [6.45, 7) is 1.50. The number of benzene rings is 1. The number of hydrogen-bond donors (Lipinski definition) is 1. The molecule has 19 heavy (non-hydrogen) atoms. The Hall–Kier alpha value is -1.29. The number of nitrogens with one attached hydrogen (secondary N) is 1. The zero-order valence-electron chi connectivity index (χ0n) is 10.8. The van der Waals surface area contributed by atoms with Crippen LogP contribution in [0.2, 0.25) is 0 Å². The van der Waals surface area contributed by atoms with Crippen LogP contribution in [0.1, 0.15) is 36.8 Å². The van der Waals surface area contributed by atoms with Crippen molar-refractivity contribution in [1.29, 1.82) is 0 Å². The van der Waals surface area contributed by atoms with E-state index in [1.165, 1.54) is 37.0 Å². The summed E-state index contributed by atoms with van der Waals surface area (Å²) in [7, 11) is 0. The van der Waals surface area contributed by atoms with Crippen LogP contribution in [0.3, 0.4) is 0 Å². The molecular weight excluding hydrogens is 251 g/mol. The SMILES string of the molecule is FC(F)(F)c1ccc(CNCCC2=CCCC2)cc1. The molecule has 0 radical (unpaired) electrons. The van der Waals surface area contributed by atoms with Crippen LogP contribution >= 0.6 is 0 Å². The Labute approximate surface area is 111 Å². The third kappa shape index (κ3) is 4.39. The van der Waals surface area contributed by atoms with Gasteiger partial charge in [-0.2, -0.15) is 13.2 Å². The van der Waals surface area contributed by atoms with Gasteiger partial charge in [0.15, 0.2) is 0 Å². The minimum Gasteiger partial charge on any atom is -0.312 e. The lowest BCUT2D eigenvalue weighted by atomic mass is 10.1. The minimum atomic E-state index is -4.25. The fourth-order valence-electron chi connectivity index (χ4n) is 2.26. The lowest BCUT2D eigenvalue weighted by Gasteiger charge is -2.08. The van der Waals surface area contributed by atoms with Gasteiger partial charge >= 0.3 is 6.18 Å². The van der Waals surface area contributed by atoms with E-state index < -0.39 is 11.7 Å². The van der Waals surface area contributed by atoms with E-state index in [0.29, 0.717) is 6.54 Å². The maximum absolute atomic E-state index is 12.4. The highest BCUT2D eigenvalue weighted by Crippen LogP contribution is 2.29. The van der Waals surface area contributed by atoms with Gasteiger partial charge < -0.3 is 5.32 Å². The smallest absolute Gasteiger partial charge is 0.312 e.